The highest BCUT2D eigenvalue weighted by atomic mass is 35.5. The van der Waals surface area contributed by atoms with E-state index in [1.54, 1.807) is 24.3 Å². The first-order valence-corrected chi connectivity index (χ1v) is 8.02. The van der Waals surface area contributed by atoms with Crippen molar-refractivity contribution in [1.29, 1.82) is 0 Å². The molecule has 2 nitrogen and oxygen atoms in total. The molecule has 3 heteroatoms. The highest BCUT2D eigenvalue weighted by molar-refractivity contribution is 6.30. The van der Waals surface area contributed by atoms with Crippen molar-refractivity contribution in [2.75, 3.05) is 0 Å². The van der Waals surface area contributed by atoms with Crippen LogP contribution < -0.4 is 4.74 Å². The molecule has 1 aliphatic carbocycles. The predicted molar refractivity (Wildman–Crippen MR) is 99.2 cm³/mol. The van der Waals surface area contributed by atoms with Crippen LogP contribution in [0.1, 0.15) is 11.1 Å². The number of rotatable bonds is 5. The number of aliphatic hydroxyl groups excluding tert-OH is 1. The number of ether oxygens (including phenoxy) is 1. The molecule has 0 fully saturated rings. The number of halogens is 1. The molecule has 0 heterocycles. The van der Waals surface area contributed by atoms with Crippen molar-refractivity contribution >= 4 is 17.4 Å². The zero-order chi connectivity index (χ0) is 16.8. The van der Waals surface area contributed by atoms with E-state index >= 15 is 0 Å². The van der Waals surface area contributed by atoms with Gasteiger partial charge in [-0.05, 0) is 35.4 Å². The SMILES string of the molecule is O/C(=C\C=C1C=CC=C1)c1cc(Cl)ccc1OCc1ccccc1. The minimum atomic E-state index is 0.113. The summed E-state index contributed by atoms with van der Waals surface area (Å²) >= 11 is 6.07. The summed E-state index contributed by atoms with van der Waals surface area (Å²) in [4.78, 5) is 0. The second-order valence-corrected chi connectivity index (χ2v) is 5.79. The van der Waals surface area contributed by atoms with Crippen molar-refractivity contribution in [2.24, 2.45) is 0 Å². The second kappa shape index (κ2) is 7.71. The molecule has 0 radical (unpaired) electrons. The van der Waals surface area contributed by atoms with Gasteiger partial charge in [0, 0.05) is 5.02 Å². The fourth-order valence-electron chi connectivity index (χ4n) is 2.33. The fraction of sp³-hybridized carbons (Fsp3) is 0.0476. The molecule has 0 atom stereocenters. The molecule has 0 aliphatic heterocycles. The predicted octanol–water partition coefficient (Wildman–Crippen LogP) is 5.87. The zero-order valence-electron chi connectivity index (χ0n) is 13.0. The molecule has 0 bridgehead atoms. The number of hydrogen-bond donors (Lipinski definition) is 1. The van der Waals surface area contributed by atoms with E-state index in [0.717, 1.165) is 11.1 Å². The lowest BCUT2D eigenvalue weighted by Crippen LogP contribution is -1.98. The average Bonchev–Trinajstić information content (AvgIpc) is 3.13. The molecule has 0 spiro atoms. The molecule has 120 valence electrons. The van der Waals surface area contributed by atoms with Gasteiger partial charge in [-0.15, -0.1) is 0 Å². The number of hydrogen-bond acceptors (Lipinski definition) is 2. The van der Waals surface area contributed by atoms with Crippen molar-refractivity contribution in [2.45, 2.75) is 6.61 Å². The van der Waals surface area contributed by atoms with E-state index in [2.05, 4.69) is 0 Å². The largest absolute Gasteiger partial charge is 0.507 e. The maximum Gasteiger partial charge on any atom is 0.130 e. The van der Waals surface area contributed by atoms with Crippen LogP contribution in [0.3, 0.4) is 0 Å². The van der Waals surface area contributed by atoms with Crippen LogP contribution in [0.2, 0.25) is 5.02 Å². The van der Waals surface area contributed by atoms with E-state index < -0.39 is 0 Å². The Hall–Kier alpha value is -2.71. The Kier molecular flexibility index (Phi) is 5.19. The van der Waals surface area contributed by atoms with Crippen molar-refractivity contribution in [3.8, 4) is 5.75 Å². The summed E-state index contributed by atoms with van der Waals surface area (Å²) in [6, 6.07) is 15.1. The van der Waals surface area contributed by atoms with Crippen LogP contribution in [0, 0.1) is 0 Å². The normalized spacial score (nSPS) is 13.4. The molecule has 2 aromatic carbocycles. The highest BCUT2D eigenvalue weighted by Crippen LogP contribution is 2.29. The molecule has 0 unspecified atom stereocenters. The van der Waals surface area contributed by atoms with Crippen LogP contribution in [-0.4, -0.2) is 5.11 Å². The smallest absolute Gasteiger partial charge is 0.130 e. The van der Waals surface area contributed by atoms with Gasteiger partial charge in [0.15, 0.2) is 0 Å². The van der Waals surface area contributed by atoms with Crippen LogP contribution in [0.5, 0.6) is 5.75 Å². The van der Waals surface area contributed by atoms with Crippen LogP contribution in [0.15, 0.2) is 90.6 Å². The summed E-state index contributed by atoms with van der Waals surface area (Å²) in [6.07, 6.45) is 11.3. The van der Waals surface area contributed by atoms with E-state index in [9.17, 15) is 5.11 Å². The molecule has 0 saturated carbocycles. The van der Waals surface area contributed by atoms with Gasteiger partial charge in [-0.1, -0.05) is 72.3 Å². The van der Waals surface area contributed by atoms with Gasteiger partial charge in [-0.25, -0.2) is 0 Å². The Morgan fingerprint density at radius 2 is 1.79 bits per heavy atom. The Bertz CT molecular complexity index is 816. The molecule has 2 aromatic rings. The van der Waals surface area contributed by atoms with Gasteiger partial charge in [-0.3, -0.25) is 0 Å². The summed E-state index contributed by atoms with van der Waals surface area (Å²) < 4.78 is 5.86. The molecule has 24 heavy (non-hydrogen) atoms. The molecular formula is C21H17ClO2. The van der Waals surface area contributed by atoms with Crippen LogP contribution in [0.4, 0.5) is 0 Å². The van der Waals surface area contributed by atoms with E-state index in [4.69, 9.17) is 16.3 Å². The van der Waals surface area contributed by atoms with E-state index in [1.807, 2.05) is 60.7 Å². The second-order valence-electron chi connectivity index (χ2n) is 5.35. The molecule has 0 amide bonds. The summed E-state index contributed by atoms with van der Waals surface area (Å²) in [7, 11) is 0. The van der Waals surface area contributed by atoms with Gasteiger partial charge < -0.3 is 9.84 Å². The lowest BCUT2D eigenvalue weighted by Gasteiger charge is -2.11. The van der Waals surface area contributed by atoms with Crippen molar-refractivity contribution in [3.63, 3.8) is 0 Å². The summed E-state index contributed by atoms with van der Waals surface area (Å²) in [5, 5.41) is 11.0. The average molecular weight is 337 g/mol. The summed E-state index contributed by atoms with van der Waals surface area (Å²) in [6.45, 7) is 0.426. The standard InChI is InChI=1S/C21H17ClO2/c22-18-11-13-21(24-15-17-8-2-1-3-9-17)19(14-18)20(23)12-10-16-6-4-5-7-16/h1-14,23H,15H2/b20-12-. The van der Waals surface area contributed by atoms with Gasteiger partial charge in [0.2, 0.25) is 0 Å². The first-order valence-electron chi connectivity index (χ1n) is 7.65. The van der Waals surface area contributed by atoms with Crippen molar-refractivity contribution < 1.29 is 9.84 Å². The lowest BCUT2D eigenvalue weighted by molar-refractivity contribution is 0.303. The minimum Gasteiger partial charge on any atom is -0.507 e. The summed E-state index contributed by atoms with van der Waals surface area (Å²) in [5.41, 5.74) is 2.65. The molecular weight excluding hydrogens is 320 g/mol. The summed E-state index contributed by atoms with van der Waals surface area (Å²) in [5.74, 6) is 0.703. The Balaban J connectivity index is 1.82. The molecule has 1 aliphatic rings. The number of allylic oxidation sites excluding steroid dienone is 7. The topological polar surface area (TPSA) is 29.5 Å². The maximum atomic E-state index is 10.4. The molecule has 0 aromatic heterocycles. The van der Waals surface area contributed by atoms with Crippen LogP contribution in [0.25, 0.3) is 5.76 Å². The third kappa shape index (κ3) is 4.18. The van der Waals surface area contributed by atoms with Gasteiger partial charge >= 0.3 is 0 Å². The third-order valence-electron chi connectivity index (χ3n) is 3.58. The number of benzene rings is 2. The Morgan fingerprint density at radius 1 is 1.04 bits per heavy atom. The zero-order valence-corrected chi connectivity index (χ0v) is 13.8. The van der Waals surface area contributed by atoms with E-state index in [1.165, 1.54) is 0 Å². The Labute approximate surface area is 146 Å². The van der Waals surface area contributed by atoms with Crippen molar-refractivity contribution in [1.82, 2.24) is 0 Å². The van der Waals surface area contributed by atoms with Gasteiger partial charge in [0.05, 0.1) is 5.56 Å². The maximum absolute atomic E-state index is 10.4. The van der Waals surface area contributed by atoms with E-state index in [0.29, 0.717) is 22.9 Å². The third-order valence-corrected chi connectivity index (χ3v) is 3.81. The fourth-order valence-corrected chi connectivity index (χ4v) is 2.50. The molecule has 0 saturated heterocycles. The first-order chi connectivity index (χ1) is 11.7. The Morgan fingerprint density at radius 3 is 2.54 bits per heavy atom. The first kappa shape index (κ1) is 16.2. The van der Waals surface area contributed by atoms with Crippen LogP contribution in [-0.2, 0) is 6.61 Å². The molecule has 3 rings (SSSR count). The number of aliphatic hydroxyl groups is 1. The lowest BCUT2D eigenvalue weighted by atomic mass is 10.1. The van der Waals surface area contributed by atoms with E-state index in [-0.39, 0.29) is 5.76 Å². The minimum absolute atomic E-state index is 0.113. The van der Waals surface area contributed by atoms with Gasteiger partial charge in [0.1, 0.15) is 18.1 Å². The monoisotopic (exact) mass is 336 g/mol. The molecule has 1 N–H and O–H groups in total. The van der Waals surface area contributed by atoms with Gasteiger partial charge in [-0.2, -0.15) is 0 Å². The van der Waals surface area contributed by atoms with Crippen LogP contribution >= 0.6 is 11.6 Å². The quantitative estimate of drug-likeness (QED) is 0.692. The highest BCUT2D eigenvalue weighted by Gasteiger charge is 2.09. The van der Waals surface area contributed by atoms with Crippen molar-refractivity contribution in [3.05, 3.63) is 107 Å². The van der Waals surface area contributed by atoms with Gasteiger partial charge in [0.25, 0.3) is 0 Å².